The fraction of sp³-hybridized carbons (Fsp3) is 0.429. The van der Waals surface area contributed by atoms with Crippen molar-refractivity contribution in [2.75, 3.05) is 25.0 Å². The first-order valence-corrected chi connectivity index (χ1v) is 6.19. The predicted molar refractivity (Wildman–Crippen MR) is 71.1 cm³/mol. The van der Waals surface area contributed by atoms with Gasteiger partial charge in [-0.1, -0.05) is 24.8 Å². The molecule has 1 aromatic rings. The highest BCUT2D eigenvalue weighted by Crippen LogP contribution is 2.25. The van der Waals surface area contributed by atoms with Gasteiger partial charge in [0, 0.05) is 18.8 Å². The number of hydrogen-bond donors (Lipinski definition) is 2. The molecule has 0 aliphatic carbocycles. The SMILES string of the molecule is C=COCCCNCc1cccc2c1NCC2. The van der Waals surface area contributed by atoms with Crippen molar-refractivity contribution in [3.8, 4) is 0 Å². The molecule has 0 saturated carbocycles. The van der Waals surface area contributed by atoms with Gasteiger partial charge < -0.3 is 15.4 Å². The van der Waals surface area contributed by atoms with E-state index in [0.717, 1.165) is 39.1 Å². The first kappa shape index (κ1) is 12.0. The van der Waals surface area contributed by atoms with Crippen LogP contribution in [-0.4, -0.2) is 19.7 Å². The van der Waals surface area contributed by atoms with Gasteiger partial charge in [-0.15, -0.1) is 0 Å². The van der Waals surface area contributed by atoms with Gasteiger partial charge in [0.15, 0.2) is 0 Å². The lowest BCUT2D eigenvalue weighted by Gasteiger charge is -2.10. The van der Waals surface area contributed by atoms with Crippen LogP contribution in [0.3, 0.4) is 0 Å². The third-order valence-electron chi connectivity index (χ3n) is 2.98. The van der Waals surface area contributed by atoms with Crippen LogP contribution in [-0.2, 0) is 17.7 Å². The van der Waals surface area contributed by atoms with Crippen LogP contribution in [0.1, 0.15) is 17.5 Å². The Bertz CT molecular complexity index is 376. The Morgan fingerprint density at radius 2 is 2.41 bits per heavy atom. The molecule has 92 valence electrons. The molecule has 0 spiro atoms. The van der Waals surface area contributed by atoms with Crippen LogP contribution in [0.4, 0.5) is 5.69 Å². The molecule has 0 atom stereocenters. The second-order valence-corrected chi connectivity index (χ2v) is 4.20. The monoisotopic (exact) mass is 232 g/mol. The number of benzene rings is 1. The van der Waals surface area contributed by atoms with E-state index in [0.29, 0.717) is 0 Å². The second kappa shape index (κ2) is 6.30. The molecule has 1 aromatic carbocycles. The summed E-state index contributed by atoms with van der Waals surface area (Å²) in [6.07, 6.45) is 3.65. The molecule has 0 unspecified atom stereocenters. The molecule has 0 radical (unpaired) electrons. The first-order chi connectivity index (χ1) is 8.42. The number of anilines is 1. The van der Waals surface area contributed by atoms with Crippen molar-refractivity contribution in [3.63, 3.8) is 0 Å². The van der Waals surface area contributed by atoms with Crippen molar-refractivity contribution in [1.29, 1.82) is 0 Å². The van der Waals surface area contributed by atoms with Crippen LogP contribution >= 0.6 is 0 Å². The standard InChI is InChI=1S/C14H20N2O/c1-2-17-10-4-8-15-11-13-6-3-5-12-7-9-16-14(12)13/h2-3,5-6,15-16H,1,4,7-11H2. The third-order valence-corrected chi connectivity index (χ3v) is 2.98. The van der Waals surface area contributed by atoms with E-state index in [1.54, 1.807) is 0 Å². The van der Waals surface area contributed by atoms with Crippen molar-refractivity contribution in [2.45, 2.75) is 19.4 Å². The van der Waals surface area contributed by atoms with Gasteiger partial charge >= 0.3 is 0 Å². The van der Waals surface area contributed by atoms with Gasteiger partial charge in [-0.3, -0.25) is 0 Å². The number of rotatable bonds is 7. The van der Waals surface area contributed by atoms with Gasteiger partial charge in [-0.05, 0) is 30.5 Å². The van der Waals surface area contributed by atoms with Gasteiger partial charge in [0.1, 0.15) is 0 Å². The summed E-state index contributed by atoms with van der Waals surface area (Å²) in [6, 6.07) is 6.53. The summed E-state index contributed by atoms with van der Waals surface area (Å²) in [5, 5.41) is 6.89. The smallest absolute Gasteiger partial charge is 0.0885 e. The normalized spacial score (nSPS) is 12.9. The van der Waals surface area contributed by atoms with Gasteiger partial charge in [-0.25, -0.2) is 0 Å². The van der Waals surface area contributed by atoms with Crippen molar-refractivity contribution in [3.05, 3.63) is 42.2 Å². The minimum Gasteiger partial charge on any atom is -0.502 e. The van der Waals surface area contributed by atoms with Crippen molar-refractivity contribution in [2.24, 2.45) is 0 Å². The van der Waals surface area contributed by atoms with E-state index < -0.39 is 0 Å². The minimum atomic E-state index is 0.738. The zero-order chi connectivity index (χ0) is 11.9. The fourth-order valence-electron chi connectivity index (χ4n) is 2.15. The Morgan fingerprint density at radius 1 is 1.47 bits per heavy atom. The average molecular weight is 232 g/mol. The van der Waals surface area contributed by atoms with Gasteiger partial charge in [0.2, 0.25) is 0 Å². The summed E-state index contributed by atoms with van der Waals surface area (Å²) in [5.41, 5.74) is 4.14. The Morgan fingerprint density at radius 3 is 3.29 bits per heavy atom. The lowest BCUT2D eigenvalue weighted by atomic mass is 10.1. The molecule has 0 fully saturated rings. The van der Waals surface area contributed by atoms with Crippen molar-refractivity contribution >= 4 is 5.69 Å². The van der Waals surface area contributed by atoms with E-state index in [2.05, 4.69) is 35.4 Å². The molecular weight excluding hydrogens is 212 g/mol. The molecule has 1 aliphatic rings. The Balaban J connectivity index is 1.76. The molecular formula is C14H20N2O. The van der Waals surface area contributed by atoms with E-state index >= 15 is 0 Å². The minimum absolute atomic E-state index is 0.738. The number of hydrogen-bond acceptors (Lipinski definition) is 3. The Labute approximate surface area is 103 Å². The number of para-hydroxylation sites is 1. The van der Waals surface area contributed by atoms with E-state index in [4.69, 9.17) is 4.74 Å². The maximum absolute atomic E-state index is 5.07. The highest BCUT2D eigenvalue weighted by molar-refractivity contribution is 5.61. The van der Waals surface area contributed by atoms with E-state index in [-0.39, 0.29) is 0 Å². The summed E-state index contributed by atoms with van der Waals surface area (Å²) in [6.45, 7) is 7.21. The highest BCUT2D eigenvalue weighted by atomic mass is 16.5. The number of fused-ring (bicyclic) bond motifs is 1. The molecule has 1 heterocycles. The van der Waals surface area contributed by atoms with Crippen LogP contribution in [0.2, 0.25) is 0 Å². The molecule has 0 amide bonds. The van der Waals surface area contributed by atoms with Gasteiger partial charge in [-0.2, -0.15) is 0 Å². The zero-order valence-corrected chi connectivity index (χ0v) is 10.2. The summed E-state index contributed by atoms with van der Waals surface area (Å²) < 4.78 is 5.07. The van der Waals surface area contributed by atoms with Crippen LogP contribution in [0.25, 0.3) is 0 Å². The number of ether oxygens (including phenoxy) is 1. The third kappa shape index (κ3) is 3.24. The molecule has 2 rings (SSSR count). The maximum atomic E-state index is 5.07. The fourth-order valence-corrected chi connectivity index (χ4v) is 2.15. The quantitative estimate of drug-likeness (QED) is 0.559. The summed E-state index contributed by atoms with van der Waals surface area (Å²) in [7, 11) is 0. The van der Waals surface area contributed by atoms with Crippen LogP contribution in [0.5, 0.6) is 0 Å². The number of nitrogens with one attached hydrogen (secondary N) is 2. The lowest BCUT2D eigenvalue weighted by molar-refractivity contribution is 0.244. The first-order valence-electron chi connectivity index (χ1n) is 6.19. The highest BCUT2D eigenvalue weighted by Gasteiger charge is 2.12. The molecule has 1 aliphatic heterocycles. The maximum Gasteiger partial charge on any atom is 0.0885 e. The molecule has 2 N–H and O–H groups in total. The van der Waals surface area contributed by atoms with E-state index in [9.17, 15) is 0 Å². The summed E-state index contributed by atoms with van der Waals surface area (Å²) in [4.78, 5) is 0. The molecule has 0 saturated heterocycles. The van der Waals surface area contributed by atoms with Crippen molar-refractivity contribution < 1.29 is 4.74 Å². The lowest BCUT2D eigenvalue weighted by Crippen LogP contribution is -2.16. The van der Waals surface area contributed by atoms with Crippen LogP contribution in [0, 0.1) is 0 Å². The molecule has 17 heavy (non-hydrogen) atoms. The summed E-state index contributed by atoms with van der Waals surface area (Å²) >= 11 is 0. The molecule has 3 heteroatoms. The van der Waals surface area contributed by atoms with Crippen molar-refractivity contribution in [1.82, 2.24) is 5.32 Å². The second-order valence-electron chi connectivity index (χ2n) is 4.20. The van der Waals surface area contributed by atoms with Crippen LogP contribution < -0.4 is 10.6 Å². The molecule has 0 aromatic heterocycles. The van der Waals surface area contributed by atoms with E-state index in [1.807, 2.05) is 0 Å². The van der Waals surface area contributed by atoms with Gasteiger partial charge in [0.25, 0.3) is 0 Å². The average Bonchev–Trinajstić information content (AvgIpc) is 2.82. The van der Waals surface area contributed by atoms with Gasteiger partial charge in [0.05, 0.1) is 12.9 Å². The van der Waals surface area contributed by atoms with Crippen LogP contribution in [0.15, 0.2) is 31.0 Å². The predicted octanol–water partition coefficient (Wildman–Crippen LogP) is 2.29. The molecule has 3 nitrogen and oxygen atoms in total. The Kier molecular flexibility index (Phi) is 4.45. The summed E-state index contributed by atoms with van der Waals surface area (Å²) in [5.74, 6) is 0. The molecule has 0 bridgehead atoms. The van der Waals surface area contributed by atoms with E-state index in [1.165, 1.54) is 23.1 Å². The zero-order valence-electron chi connectivity index (χ0n) is 10.2. The topological polar surface area (TPSA) is 33.3 Å². The Hall–Kier alpha value is -1.48. The largest absolute Gasteiger partial charge is 0.502 e.